The van der Waals surface area contributed by atoms with E-state index in [1.54, 1.807) is 31.0 Å². The van der Waals surface area contributed by atoms with Gasteiger partial charge in [0, 0.05) is 25.6 Å². The Morgan fingerprint density at radius 3 is 2.61 bits per heavy atom. The van der Waals surface area contributed by atoms with Crippen molar-refractivity contribution < 1.29 is 19.1 Å². The minimum atomic E-state index is -0.348. The largest absolute Gasteiger partial charge is 0.462 e. The smallest absolute Gasteiger partial charge is 0.338 e. The molecule has 0 aliphatic carbocycles. The SMILES string of the molecule is CCOC(=O)c1cccc(-c2cccc3cc(C(=O)NC4CC(=O)N(C)C4)ccc23)c1. The molecule has 1 atom stereocenters. The van der Waals surface area contributed by atoms with Gasteiger partial charge in [-0.15, -0.1) is 0 Å². The summed E-state index contributed by atoms with van der Waals surface area (Å²) in [7, 11) is 1.74. The molecule has 31 heavy (non-hydrogen) atoms. The van der Waals surface area contributed by atoms with E-state index in [0.717, 1.165) is 21.9 Å². The number of nitrogens with one attached hydrogen (secondary N) is 1. The first-order valence-corrected chi connectivity index (χ1v) is 10.3. The van der Waals surface area contributed by atoms with Gasteiger partial charge in [0.15, 0.2) is 0 Å². The van der Waals surface area contributed by atoms with Crippen LogP contribution in [0.3, 0.4) is 0 Å². The van der Waals surface area contributed by atoms with Crippen molar-refractivity contribution in [2.24, 2.45) is 0 Å². The van der Waals surface area contributed by atoms with Gasteiger partial charge in [-0.3, -0.25) is 9.59 Å². The summed E-state index contributed by atoms with van der Waals surface area (Å²) in [6, 6.07) is 18.6. The molecule has 2 amide bonds. The van der Waals surface area contributed by atoms with Crippen molar-refractivity contribution in [1.29, 1.82) is 0 Å². The summed E-state index contributed by atoms with van der Waals surface area (Å²) >= 11 is 0. The summed E-state index contributed by atoms with van der Waals surface area (Å²) < 4.78 is 5.11. The van der Waals surface area contributed by atoms with Crippen molar-refractivity contribution in [3.05, 3.63) is 71.8 Å². The maximum absolute atomic E-state index is 12.7. The molecule has 0 saturated carbocycles. The maximum atomic E-state index is 12.7. The van der Waals surface area contributed by atoms with Crippen molar-refractivity contribution in [1.82, 2.24) is 10.2 Å². The van der Waals surface area contributed by atoms with Crippen LogP contribution in [0.2, 0.25) is 0 Å². The lowest BCUT2D eigenvalue weighted by atomic mass is 9.95. The van der Waals surface area contributed by atoms with Crippen LogP contribution in [0.25, 0.3) is 21.9 Å². The fraction of sp³-hybridized carbons (Fsp3) is 0.240. The van der Waals surface area contributed by atoms with E-state index in [2.05, 4.69) is 5.32 Å². The van der Waals surface area contributed by atoms with E-state index in [4.69, 9.17) is 4.74 Å². The van der Waals surface area contributed by atoms with Gasteiger partial charge in [0.05, 0.1) is 18.2 Å². The van der Waals surface area contributed by atoms with E-state index in [1.165, 1.54) is 0 Å². The molecule has 158 valence electrons. The highest BCUT2D eigenvalue weighted by molar-refractivity contribution is 6.03. The summed E-state index contributed by atoms with van der Waals surface area (Å²) in [5.41, 5.74) is 2.93. The Balaban J connectivity index is 1.62. The molecule has 0 radical (unpaired) electrons. The lowest BCUT2D eigenvalue weighted by Crippen LogP contribution is -2.36. The van der Waals surface area contributed by atoms with Crippen LogP contribution >= 0.6 is 0 Å². The fourth-order valence-electron chi connectivity index (χ4n) is 3.93. The second-order valence-electron chi connectivity index (χ2n) is 7.69. The predicted octanol–water partition coefficient (Wildman–Crippen LogP) is 3.64. The van der Waals surface area contributed by atoms with Crippen molar-refractivity contribution in [3.63, 3.8) is 0 Å². The van der Waals surface area contributed by atoms with Gasteiger partial charge >= 0.3 is 5.97 Å². The zero-order chi connectivity index (χ0) is 22.0. The highest BCUT2D eigenvalue weighted by atomic mass is 16.5. The van der Waals surface area contributed by atoms with E-state index in [1.807, 2.05) is 48.5 Å². The van der Waals surface area contributed by atoms with Crippen LogP contribution in [0.15, 0.2) is 60.7 Å². The third kappa shape index (κ3) is 4.28. The molecular weight excluding hydrogens is 392 g/mol. The number of rotatable bonds is 5. The second kappa shape index (κ2) is 8.60. The molecule has 6 nitrogen and oxygen atoms in total. The number of likely N-dealkylation sites (N-methyl/N-ethyl adjacent to an activating group) is 1. The van der Waals surface area contributed by atoms with E-state index >= 15 is 0 Å². The summed E-state index contributed by atoms with van der Waals surface area (Å²) in [6.07, 6.45) is 0.330. The van der Waals surface area contributed by atoms with E-state index in [9.17, 15) is 14.4 Å². The predicted molar refractivity (Wildman–Crippen MR) is 119 cm³/mol. The van der Waals surface area contributed by atoms with E-state index in [0.29, 0.717) is 30.7 Å². The number of amides is 2. The van der Waals surface area contributed by atoms with E-state index < -0.39 is 0 Å². The van der Waals surface area contributed by atoms with Gasteiger partial charge in [0.1, 0.15) is 0 Å². The van der Waals surface area contributed by atoms with Crippen molar-refractivity contribution in [2.45, 2.75) is 19.4 Å². The first-order valence-electron chi connectivity index (χ1n) is 10.3. The highest BCUT2D eigenvalue weighted by Crippen LogP contribution is 2.30. The number of ether oxygens (including phenoxy) is 1. The summed E-state index contributed by atoms with van der Waals surface area (Å²) in [4.78, 5) is 38.1. The van der Waals surface area contributed by atoms with Gasteiger partial charge in [-0.1, -0.05) is 36.4 Å². The average molecular weight is 416 g/mol. The van der Waals surface area contributed by atoms with Crippen molar-refractivity contribution in [3.8, 4) is 11.1 Å². The van der Waals surface area contributed by atoms with Crippen LogP contribution in [-0.2, 0) is 9.53 Å². The molecule has 6 heteroatoms. The standard InChI is InChI=1S/C25H24N2O4/c1-3-31-25(30)19-8-4-6-17(13-19)21-9-5-7-16-12-18(10-11-22(16)21)24(29)26-20-14-23(28)27(2)15-20/h4-13,20H,3,14-15H2,1-2H3,(H,26,29). The summed E-state index contributed by atoms with van der Waals surface area (Å²) in [5, 5.41) is 4.85. The lowest BCUT2D eigenvalue weighted by molar-refractivity contribution is -0.126. The number of likely N-dealkylation sites (tertiary alicyclic amines) is 1. The zero-order valence-electron chi connectivity index (χ0n) is 17.6. The maximum Gasteiger partial charge on any atom is 0.338 e. The topological polar surface area (TPSA) is 75.7 Å². The number of hydrogen-bond acceptors (Lipinski definition) is 4. The van der Waals surface area contributed by atoms with Crippen LogP contribution in [0.4, 0.5) is 0 Å². The third-order valence-electron chi connectivity index (χ3n) is 5.50. The number of nitrogens with zero attached hydrogens (tertiary/aromatic N) is 1. The number of benzene rings is 3. The minimum absolute atomic E-state index is 0.0403. The second-order valence-corrected chi connectivity index (χ2v) is 7.69. The Morgan fingerprint density at radius 1 is 1.06 bits per heavy atom. The van der Waals surface area contributed by atoms with Crippen LogP contribution < -0.4 is 5.32 Å². The zero-order valence-corrected chi connectivity index (χ0v) is 17.6. The van der Waals surface area contributed by atoms with Crippen LogP contribution in [0, 0.1) is 0 Å². The Kier molecular flexibility index (Phi) is 5.71. The Morgan fingerprint density at radius 2 is 1.87 bits per heavy atom. The Bertz CT molecular complexity index is 1170. The molecule has 1 fully saturated rings. The lowest BCUT2D eigenvalue weighted by Gasteiger charge is -2.13. The van der Waals surface area contributed by atoms with E-state index in [-0.39, 0.29) is 23.8 Å². The number of fused-ring (bicyclic) bond motifs is 1. The van der Waals surface area contributed by atoms with Gasteiger partial charge in [0.25, 0.3) is 5.91 Å². The number of esters is 1. The molecule has 0 spiro atoms. The molecule has 3 aromatic rings. The fourth-order valence-corrected chi connectivity index (χ4v) is 3.93. The molecule has 1 N–H and O–H groups in total. The van der Waals surface area contributed by atoms with Gasteiger partial charge < -0.3 is 15.0 Å². The summed E-state index contributed by atoms with van der Waals surface area (Å²) in [6.45, 7) is 2.63. The quantitative estimate of drug-likeness (QED) is 0.645. The van der Waals surface area contributed by atoms with Gasteiger partial charge in [-0.25, -0.2) is 4.79 Å². The molecular formula is C25H24N2O4. The monoisotopic (exact) mass is 416 g/mol. The first kappa shape index (κ1) is 20.6. The molecule has 3 aromatic carbocycles. The van der Waals surface area contributed by atoms with Gasteiger partial charge in [-0.05, 0) is 53.1 Å². The minimum Gasteiger partial charge on any atom is -0.462 e. The Hall–Kier alpha value is -3.67. The highest BCUT2D eigenvalue weighted by Gasteiger charge is 2.28. The van der Waals surface area contributed by atoms with Crippen molar-refractivity contribution >= 4 is 28.6 Å². The third-order valence-corrected chi connectivity index (χ3v) is 5.50. The molecule has 1 aliphatic heterocycles. The normalized spacial score (nSPS) is 15.9. The van der Waals surface area contributed by atoms with Crippen LogP contribution in [0.5, 0.6) is 0 Å². The molecule has 1 aliphatic rings. The van der Waals surface area contributed by atoms with Gasteiger partial charge in [0.2, 0.25) is 5.91 Å². The molecule has 0 aromatic heterocycles. The first-order chi connectivity index (χ1) is 15.0. The average Bonchev–Trinajstić information content (AvgIpc) is 3.09. The van der Waals surface area contributed by atoms with Crippen LogP contribution in [-0.4, -0.2) is 48.9 Å². The molecule has 4 rings (SSSR count). The molecule has 0 bridgehead atoms. The number of carbonyl (C=O) groups is 3. The molecule has 1 saturated heterocycles. The number of carbonyl (C=O) groups excluding carboxylic acids is 3. The molecule has 1 unspecified atom stereocenters. The summed E-state index contributed by atoms with van der Waals surface area (Å²) in [5.74, 6) is -0.497. The molecule has 1 heterocycles. The van der Waals surface area contributed by atoms with Crippen molar-refractivity contribution in [2.75, 3.05) is 20.2 Å². The van der Waals surface area contributed by atoms with Gasteiger partial charge in [-0.2, -0.15) is 0 Å². The number of hydrogen-bond donors (Lipinski definition) is 1. The van der Waals surface area contributed by atoms with Crippen LogP contribution in [0.1, 0.15) is 34.1 Å². The Labute approximate surface area is 180 Å².